The Labute approximate surface area is 228 Å². The summed E-state index contributed by atoms with van der Waals surface area (Å²) in [5.74, 6) is 0.0636. The van der Waals surface area contributed by atoms with Crippen molar-refractivity contribution in [3.63, 3.8) is 0 Å². The Balaban J connectivity index is 1.52. The quantitative estimate of drug-likeness (QED) is 0.195. The Morgan fingerprint density at radius 3 is 2.05 bits per heavy atom. The lowest BCUT2D eigenvalue weighted by atomic mass is 9.80. The molecule has 0 spiro atoms. The van der Waals surface area contributed by atoms with Gasteiger partial charge in [0.15, 0.2) is 11.3 Å². The van der Waals surface area contributed by atoms with Crippen molar-refractivity contribution >= 4 is 29.1 Å². The first kappa shape index (κ1) is 26.8. The van der Waals surface area contributed by atoms with Crippen molar-refractivity contribution in [2.24, 2.45) is 10.7 Å². The van der Waals surface area contributed by atoms with Crippen LogP contribution < -0.4 is 11.1 Å². The van der Waals surface area contributed by atoms with Crippen LogP contribution in [0.1, 0.15) is 46.0 Å². The van der Waals surface area contributed by atoms with Gasteiger partial charge in [-0.15, -0.1) is 0 Å². The normalized spacial score (nSPS) is 11.7. The Kier molecular flexibility index (Phi) is 8.72. The van der Waals surface area contributed by atoms with Gasteiger partial charge in [0.2, 0.25) is 0 Å². The molecular weight excluding hydrogens is 494 g/mol. The van der Waals surface area contributed by atoms with E-state index in [4.69, 9.17) is 22.3 Å². The van der Waals surface area contributed by atoms with Crippen molar-refractivity contribution in [1.29, 1.82) is 0 Å². The fourth-order valence-electron chi connectivity index (χ4n) is 4.47. The van der Waals surface area contributed by atoms with Crippen LogP contribution in [0.25, 0.3) is 0 Å². The molecule has 0 unspecified atom stereocenters. The van der Waals surface area contributed by atoms with Crippen LogP contribution in [-0.2, 0) is 23.3 Å². The highest BCUT2D eigenvalue weighted by Gasteiger charge is 2.39. The zero-order chi connectivity index (χ0) is 27.0. The molecule has 6 heteroatoms. The van der Waals surface area contributed by atoms with Crippen LogP contribution in [0.15, 0.2) is 114 Å². The molecule has 4 rings (SSSR count). The number of nitrogens with one attached hydrogen (secondary N) is 1. The zero-order valence-electron chi connectivity index (χ0n) is 21.2. The van der Waals surface area contributed by atoms with E-state index in [1.807, 2.05) is 97.1 Å². The number of hydrogen-bond acceptors (Lipinski definition) is 3. The molecule has 0 heterocycles. The second kappa shape index (κ2) is 12.3. The van der Waals surface area contributed by atoms with Crippen LogP contribution in [0.5, 0.6) is 0 Å². The van der Waals surface area contributed by atoms with E-state index in [1.165, 1.54) is 0 Å². The summed E-state index contributed by atoms with van der Waals surface area (Å²) in [6, 6.07) is 33.8. The summed E-state index contributed by atoms with van der Waals surface area (Å²) in [5.41, 5.74) is 9.10. The number of Topliss-reactive ketones (excluding diaryl/α,β-unsaturated/α-hetero) is 1. The molecule has 0 saturated heterocycles. The van der Waals surface area contributed by atoms with Crippen molar-refractivity contribution in [1.82, 2.24) is 5.32 Å². The minimum atomic E-state index is -1.23. The molecule has 0 aromatic heterocycles. The van der Waals surface area contributed by atoms with Gasteiger partial charge < -0.3 is 11.1 Å². The maximum absolute atomic E-state index is 13.2. The smallest absolute Gasteiger partial charge is 0.251 e. The van der Waals surface area contributed by atoms with Crippen LogP contribution in [-0.4, -0.2) is 17.5 Å². The molecule has 5 nitrogen and oxygen atoms in total. The van der Waals surface area contributed by atoms with E-state index in [1.54, 1.807) is 19.1 Å². The van der Waals surface area contributed by atoms with Crippen LogP contribution in [0.3, 0.4) is 0 Å². The number of aryl methyl sites for hydroxylation is 1. The molecule has 0 aliphatic carbocycles. The molecular formula is C32H30ClN3O2. The van der Waals surface area contributed by atoms with Crippen LogP contribution in [0.2, 0.25) is 5.02 Å². The molecule has 0 aliphatic heterocycles. The largest absolute Gasteiger partial charge is 0.387 e. The van der Waals surface area contributed by atoms with Gasteiger partial charge in [0.05, 0.1) is 5.84 Å². The van der Waals surface area contributed by atoms with Crippen LogP contribution >= 0.6 is 11.6 Å². The lowest BCUT2D eigenvalue weighted by molar-refractivity contribution is -0.120. The third-order valence-corrected chi connectivity index (χ3v) is 6.83. The fourth-order valence-corrected chi connectivity index (χ4v) is 4.67. The third-order valence-electron chi connectivity index (χ3n) is 6.46. The Morgan fingerprint density at radius 2 is 1.45 bits per heavy atom. The maximum atomic E-state index is 13.2. The number of aliphatic imine (C=N–C) groups is 1. The first-order valence-corrected chi connectivity index (χ1v) is 12.8. The summed E-state index contributed by atoms with van der Waals surface area (Å²) in [7, 11) is 0. The lowest BCUT2D eigenvalue weighted by Gasteiger charge is -2.29. The molecule has 4 aromatic carbocycles. The fraction of sp³-hybridized carbons (Fsp3) is 0.156. The molecule has 0 atom stereocenters. The predicted molar refractivity (Wildman–Crippen MR) is 153 cm³/mol. The number of amides is 1. The van der Waals surface area contributed by atoms with E-state index >= 15 is 0 Å². The zero-order valence-corrected chi connectivity index (χ0v) is 22.0. The van der Waals surface area contributed by atoms with E-state index in [-0.39, 0.29) is 11.7 Å². The second-order valence-electron chi connectivity index (χ2n) is 9.08. The number of nitrogens with two attached hydrogens (primary N) is 1. The van der Waals surface area contributed by atoms with E-state index in [9.17, 15) is 9.59 Å². The van der Waals surface area contributed by atoms with Gasteiger partial charge in [-0.2, -0.15) is 0 Å². The number of nitrogens with zero attached hydrogens (tertiary/aromatic N) is 1. The number of carbonyl (C=O) groups is 2. The monoisotopic (exact) mass is 523 g/mol. The van der Waals surface area contributed by atoms with Gasteiger partial charge in [-0.1, -0.05) is 103 Å². The molecule has 0 saturated carbocycles. The van der Waals surface area contributed by atoms with Crippen LogP contribution in [0, 0.1) is 0 Å². The predicted octanol–water partition coefficient (Wildman–Crippen LogP) is 6.09. The van der Waals surface area contributed by atoms with Gasteiger partial charge in [-0.25, -0.2) is 4.99 Å². The number of amidine groups is 1. The number of hydrogen-bond donors (Lipinski definition) is 2. The Morgan fingerprint density at radius 1 is 0.842 bits per heavy atom. The van der Waals surface area contributed by atoms with Crippen molar-refractivity contribution in [2.45, 2.75) is 31.8 Å². The molecule has 3 N–H and O–H groups in total. The average Bonchev–Trinajstić information content (AvgIpc) is 2.95. The first-order chi connectivity index (χ1) is 18.4. The maximum Gasteiger partial charge on any atom is 0.251 e. The molecule has 4 aromatic rings. The third kappa shape index (κ3) is 6.18. The van der Waals surface area contributed by atoms with Gasteiger partial charge in [0.25, 0.3) is 5.91 Å². The molecule has 1 amide bonds. The minimum Gasteiger partial charge on any atom is -0.387 e. The van der Waals surface area contributed by atoms with Gasteiger partial charge >= 0.3 is 0 Å². The number of halogens is 1. The SMILES string of the molecule is CC(=O)C(N=C(N)CCc1cccc(C(=O)NCc2ccccc2Cl)c1)(c1ccccc1)c1ccccc1. The standard InChI is InChI=1S/C32H30ClN3O2/c1-23(37)32(27-14-4-2-5-15-27,28-16-6-3-7-17-28)36-30(34)20-19-24-11-10-13-25(21-24)31(38)35-22-26-12-8-9-18-29(26)33/h2-18,21H,19-20,22H2,1H3,(H2,34,36)(H,35,38). The minimum absolute atomic E-state index is 0.116. The summed E-state index contributed by atoms with van der Waals surface area (Å²) >= 11 is 6.20. The van der Waals surface area contributed by atoms with Crippen molar-refractivity contribution in [3.05, 3.63) is 142 Å². The molecule has 192 valence electrons. The number of ketones is 1. The van der Waals surface area contributed by atoms with Crippen LogP contribution in [0.4, 0.5) is 0 Å². The van der Waals surface area contributed by atoms with E-state index < -0.39 is 5.54 Å². The van der Waals surface area contributed by atoms with Gasteiger partial charge in [-0.3, -0.25) is 9.59 Å². The van der Waals surface area contributed by atoms with E-state index in [2.05, 4.69) is 5.32 Å². The Hall–Kier alpha value is -4.22. The average molecular weight is 524 g/mol. The highest BCUT2D eigenvalue weighted by molar-refractivity contribution is 6.31. The first-order valence-electron chi connectivity index (χ1n) is 12.5. The summed E-state index contributed by atoms with van der Waals surface area (Å²) in [4.78, 5) is 30.8. The summed E-state index contributed by atoms with van der Waals surface area (Å²) in [6.07, 6.45) is 0.998. The Bertz CT molecular complexity index is 1400. The number of carbonyl (C=O) groups excluding carboxylic acids is 2. The van der Waals surface area contributed by atoms with E-state index in [0.29, 0.717) is 35.8 Å². The van der Waals surface area contributed by atoms with Crippen molar-refractivity contribution in [3.8, 4) is 0 Å². The van der Waals surface area contributed by atoms with Crippen molar-refractivity contribution < 1.29 is 9.59 Å². The van der Waals surface area contributed by atoms with Gasteiger partial charge in [0.1, 0.15) is 0 Å². The summed E-state index contributed by atoms with van der Waals surface area (Å²) < 4.78 is 0. The highest BCUT2D eigenvalue weighted by Crippen LogP contribution is 2.35. The molecule has 38 heavy (non-hydrogen) atoms. The van der Waals surface area contributed by atoms with Crippen molar-refractivity contribution in [2.75, 3.05) is 0 Å². The number of rotatable bonds is 10. The highest BCUT2D eigenvalue weighted by atomic mass is 35.5. The lowest BCUT2D eigenvalue weighted by Crippen LogP contribution is -2.36. The van der Waals surface area contributed by atoms with Gasteiger partial charge in [0, 0.05) is 23.6 Å². The molecule has 0 aliphatic rings. The van der Waals surface area contributed by atoms with E-state index in [0.717, 1.165) is 22.3 Å². The number of benzene rings is 4. The molecule has 0 radical (unpaired) electrons. The molecule has 0 bridgehead atoms. The summed E-state index contributed by atoms with van der Waals surface area (Å²) in [5, 5.41) is 3.53. The topological polar surface area (TPSA) is 84.6 Å². The summed E-state index contributed by atoms with van der Waals surface area (Å²) in [6.45, 7) is 1.88. The molecule has 0 fully saturated rings. The second-order valence-corrected chi connectivity index (χ2v) is 9.48. The van der Waals surface area contributed by atoms with Gasteiger partial charge in [-0.05, 0) is 53.8 Å².